The Kier molecular flexibility index (Phi) is 6.78. The van der Waals surface area contributed by atoms with Gasteiger partial charge in [-0.05, 0) is 67.4 Å². The number of furan rings is 1. The van der Waals surface area contributed by atoms with Gasteiger partial charge in [0.25, 0.3) is 0 Å². The van der Waals surface area contributed by atoms with Gasteiger partial charge in [0.15, 0.2) is 11.5 Å². The third-order valence-corrected chi connectivity index (χ3v) is 5.83. The van der Waals surface area contributed by atoms with Crippen LogP contribution in [0.3, 0.4) is 0 Å². The summed E-state index contributed by atoms with van der Waals surface area (Å²) in [4.78, 5) is 12.6. The van der Waals surface area contributed by atoms with Gasteiger partial charge in [-0.1, -0.05) is 6.07 Å². The number of methoxy groups -OCH3 is 3. The molecule has 180 valence electrons. The predicted octanol–water partition coefficient (Wildman–Crippen LogP) is 6.62. The molecule has 0 unspecified atom stereocenters. The number of hydrogen-bond donors (Lipinski definition) is 1. The van der Waals surface area contributed by atoms with Crippen molar-refractivity contribution in [1.29, 1.82) is 0 Å². The molecule has 35 heavy (non-hydrogen) atoms. The van der Waals surface area contributed by atoms with E-state index in [1.807, 2.05) is 38.1 Å². The number of nitrogens with one attached hydrogen (secondary N) is 1. The first-order chi connectivity index (χ1) is 16.9. The minimum Gasteiger partial charge on any atom is -0.496 e. The number of fused-ring (bicyclic) bond motifs is 1. The monoisotopic (exact) mass is 475 g/mol. The second kappa shape index (κ2) is 9.93. The molecule has 0 radical (unpaired) electrons. The number of carbonyl (C=O) groups is 1. The molecule has 0 spiro atoms. The summed E-state index contributed by atoms with van der Waals surface area (Å²) in [6.45, 7) is 3.75. The Balaban J connectivity index is 1.77. The van der Waals surface area contributed by atoms with E-state index in [2.05, 4.69) is 5.32 Å². The molecule has 4 aromatic rings. The van der Waals surface area contributed by atoms with Crippen LogP contribution in [0.25, 0.3) is 27.7 Å². The lowest BCUT2D eigenvalue weighted by atomic mass is 9.96. The van der Waals surface area contributed by atoms with Crippen LogP contribution in [-0.2, 0) is 4.79 Å². The maximum Gasteiger partial charge on any atom is 0.248 e. The van der Waals surface area contributed by atoms with Crippen molar-refractivity contribution in [2.45, 2.75) is 13.8 Å². The van der Waals surface area contributed by atoms with Gasteiger partial charge in [-0.3, -0.25) is 4.79 Å². The SMILES string of the molecule is COc1ccc(-c2coc3c(C)c(OC)c(/C(C)=C/C(=O)Nc4ccc(F)cc4)cc23)cc1OC. The molecule has 0 atom stereocenters. The molecule has 0 saturated heterocycles. The van der Waals surface area contributed by atoms with E-state index in [0.717, 1.165) is 27.6 Å². The molecule has 0 saturated carbocycles. The Morgan fingerprint density at radius 2 is 1.69 bits per heavy atom. The highest BCUT2D eigenvalue weighted by atomic mass is 19.1. The van der Waals surface area contributed by atoms with Gasteiger partial charge in [0, 0.05) is 33.8 Å². The normalized spacial score (nSPS) is 11.4. The van der Waals surface area contributed by atoms with E-state index >= 15 is 0 Å². The number of halogens is 1. The van der Waals surface area contributed by atoms with Crippen molar-refractivity contribution >= 4 is 28.1 Å². The summed E-state index contributed by atoms with van der Waals surface area (Å²) in [5.74, 6) is 1.16. The quantitative estimate of drug-likeness (QED) is 0.304. The smallest absolute Gasteiger partial charge is 0.248 e. The number of benzene rings is 3. The average Bonchev–Trinajstić information content (AvgIpc) is 3.29. The summed E-state index contributed by atoms with van der Waals surface area (Å²) >= 11 is 0. The van der Waals surface area contributed by atoms with Crippen molar-refractivity contribution in [2.24, 2.45) is 0 Å². The van der Waals surface area contributed by atoms with Crippen LogP contribution < -0.4 is 19.5 Å². The topological polar surface area (TPSA) is 69.9 Å². The van der Waals surface area contributed by atoms with Crippen LogP contribution in [0.15, 0.2) is 65.3 Å². The lowest BCUT2D eigenvalue weighted by Gasteiger charge is -2.14. The van der Waals surface area contributed by atoms with Gasteiger partial charge in [0.1, 0.15) is 17.1 Å². The average molecular weight is 476 g/mol. The number of rotatable bonds is 7. The number of aryl methyl sites for hydroxylation is 1. The lowest BCUT2D eigenvalue weighted by Crippen LogP contribution is -2.08. The van der Waals surface area contributed by atoms with E-state index < -0.39 is 0 Å². The molecule has 1 N–H and O–H groups in total. The summed E-state index contributed by atoms with van der Waals surface area (Å²) in [5, 5.41) is 3.62. The Morgan fingerprint density at radius 3 is 2.34 bits per heavy atom. The minimum absolute atomic E-state index is 0.332. The van der Waals surface area contributed by atoms with Crippen LogP contribution in [0, 0.1) is 12.7 Å². The number of anilines is 1. The first-order valence-corrected chi connectivity index (χ1v) is 10.9. The number of ether oxygens (including phenoxy) is 3. The Hall–Kier alpha value is -4.26. The maximum atomic E-state index is 13.2. The maximum absolute atomic E-state index is 13.2. The first-order valence-electron chi connectivity index (χ1n) is 10.9. The fourth-order valence-corrected chi connectivity index (χ4v) is 4.09. The molecule has 7 heteroatoms. The second-order valence-electron chi connectivity index (χ2n) is 8.00. The fraction of sp³-hybridized carbons (Fsp3) is 0.179. The Labute approximate surface area is 202 Å². The molecular weight excluding hydrogens is 449 g/mol. The van der Waals surface area contributed by atoms with Crippen LogP contribution >= 0.6 is 0 Å². The minimum atomic E-state index is -0.367. The number of carbonyl (C=O) groups excluding carboxylic acids is 1. The molecule has 0 aliphatic heterocycles. The number of amides is 1. The van der Waals surface area contributed by atoms with E-state index in [1.165, 1.54) is 30.3 Å². The van der Waals surface area contributed by atoms with Gasteiger partial charge >= 0.3 is 0 Å². The summed E-state index contributed by atoms with van der Waals surface area (Å²) in [6, 6.07) is 13.2. The zero-order valence-electron chi connectivity index (χ0n) is 20.2. The van der Waals surface area contributed by atoms with Crippen molar-refractivity contribution in [2.75, 3.05) is 26.6 Å². The second-order valence-corrected chi connectivity index (χ2v) is 8.00. The molecular formula is C28H26FNO5. The molecule has 6 nitrogen and oxygen atoms in total. The van der Waals surface area contributed by atoms with Crippen molar-refractivity contribution in [3.05, 3.63) is 77.8 Å². The Bertz CT molecular complexity index is 1420. The van der Waals surface area contributed by atoms with Crippen molar-refractivity contribution in [3.8, 4) is 28.4 Å². The van der Waals surface area contributed by atoms with E-state index in [9.17, 15) is 9.18 Å². The van der Waals surface area contributed by atoms with Crippen LogP contribution in [0.2, 0.25) is 0 Å². The molecule has 0 aliphatic rings. The summed E-state index contributed by atoms with van der Waals surface area (Å²) < 4.78 is 35.6. The Morgan fingerprint density at radius 1 is 0.971 bits per heavy atom. The van der Waals surface area contributed by atoms with E-state index in [0.29, 0.717) is 34.1 Å². The van der Waals surface area contributed by atoms with Crippen LogP contribution in [0.4, 0.5) is 10.1 Å². The van der Waals surface area contributed by atoms with Crippen molar-refractivity contribution in [1.82, 2.24) is 0 Å². The standard InChI is InChI=1S/C28H26FNO5/c1-16(12-26(31)30-20-9-7-19(29)8-10-20)21-14-22-23(15-35-28(22)17(2)27(21)34-5)18-6-11-24(32-3)25(13-18)33-4/h6-15H,1-5H3,(H,30,31)/b16-12+. The third-order valence-electron chi connectivity index (χ3n) is 5.83. The van der Waals surface area contributed by atoms with Crippen LogP contribution in [-0.4, -0.2) is 27.2 Å². The highest BCUT2D eigenvalue weighted by molar-refractivity contribution is 6.06. The van der Waals surface area contributed by atoms with Gasteiger partial charge in [-0.2, -0.15) is 0 Å². The number of allylic oxidation sites excluding steroid dienone is 1. The van der Waals surface area contributed by atoms with Gasteiger partial charge in [-0.25, -0.2) is 4.39 Å². The highest BCUT2D eigenvalue weighted by Gasteiger charge is 2.19. The van der Waals surface area contributed by atoms with Crippen molar-refractivity contribution in [3.63, 3.8) is 0 Å². The first kappa shape index (κ1) is 23.9. The molecule has 1 heterocycles. The summed E-state index contributed by atoms with van der Waals surface area (Å²) in [5.41, 5.74) is 5.24. The summed E-state index contributed by atoms with van der Waals surface area (Å²) in [7, 11) is 4.77. The highest BCUT2D eigenvalue weighted by Crippen LogP contribution is 2.42. The van der Waals surface area contributed by atoms with E-state index in [1.54, 1.807) is 27.6 Å². The zero-order valence-corrected chi connectivity index (χ0v) is 20.2. The van der Waals surface area contributed by atoms with Gasteiger partial charge in [0.2, 0.25) is 5.91 Å². The molecule has 0 aliphatic carbocycles. The summed E-state index contributed by atoms with van der Waals surface area (Å²) in [6.07, 6.45) is 3.19. The van der Waals surface area contributed by atoms with E-state index in [4.69, 9.17) is 18.6 Å². The van der Waals surface area contributed by atoms with Crippen molar-refractivity contribution < 1.29 is 27.8 Å². The molecule has 3 aromatic carbocycles. The van der Waals surface area contributed by atoms with E-state index in [-0.39, 0.29) is 11.7 Å². The van der Waals surface area contributed by atoms with Crippen LogP contribution in [0.1, 0.15) is 18.1 Å². The van der Waals surface area contributed by atoms with Gasteiger partial charge in [-0.15, -0.1) is 0 Å². The fourth-order valence-electron chi connectivity index (χ4n) is 4.09. The molecule has 0 fully saturated rings. The molecule has 0 bridgehead atoms. The zero-order chi connectivity index (χ0) is 25.1. The van der Waals surface area contributed by atoms with Gasteiger partial charge < -0.3 is 23.9 Å². The third kappa shape index (κ3) is 4.71. The van der Waals surface area contributed by atoms with Crippen LogP contribution in [0.5, 0.6) is 17.2 Å². The molecule has 1 aromatic heterocycles. The largest absolute Gasteiger partial charge is 0.496 e. The predicted molar refractivity (Wildman–Crippen MR) is 135 cm³/mol. The molecule has 4 rings (SSSR count). The lowest BCUT2D eigenvalue weighted by molar-refractivity contribution is -0.111. The number of hydrogen-bond acceptors (Lipinski definition) is 5. The van der Waals surface area contributed by atoms with Gasteiger partial charge in [0.05, 0.1) is 27.6 Å². The molecule has 1 amide bonds.